The molecule has 0 aliphatic heterocycles. The summed E-state index contributed by atoms with van der Waals surface area (Å²) in [4.78, 5) is 4.30. The van der Waals surface area contributed by atoms with Crippen LogP contribution in [0.3, 0.4) is 0 Å². The average molecular weight is 313 g/mol. The molecular formula is C13H14BrFN2O. The van der Waals surface area contributed by atoms with Gasteiger partial charge in [-0.15, -0.1) is 0 Å². The van der Waals surface area contributed by atoms with Gasteiger partial charge in [0, 0.05) is 0 Å². The molecule has 0 unspecified atom stereocenters. The van der Waals surface area contributed by atoms with Crippen LogP contribution in [0, 0.1) is 6.92 Å². The number of imidazole rings is 1. The summed E-state index contributed by atoms with van der Waals surface area (Å²) in [6, 6.07) is 7.79. The van der Waals surface area contributed by atoms with Crippen molar-refractivity contribution in [3.63, 3.8) is 0 Å². The second kappa shape index (κ2) is 5.52. The minimum atomic E-state index is -0.479. The first-order valence-corrected chi connectivity index (χ1v) is 6.49. The minimum Gasteiger partial charge on any atom is -0.465 e. The molecule has 0 N–H and O–H groups in total. The first-order valence-electron chi connectivity index (χ1n) is 5.70. The maximum absolute atomic E-state index is 12.7. The molecular weight excluding hydrogens is 299 g/mol. The van der Waals surface area contributed by atoms with E-state index in [0.717, 1.165) is 16.0 Å². The fourth-order valence-corrected chi connectivity index (χ4v) is 2.09. The number of alkyl halides is 1. The van der Waals surface area contributed by atoms with E-state index in [9.17, 15) is 4.39 Å². The van der Waals surface area contributed by atoms with E-state index in [1.54, 1.807) is 12.1 Å². The monoisotopic (exact) mass is 312 g/mol. The van der Waals surface area contributed by atoms with E-state index in [1.807, 2.05) is 30.5 Å². The molecule has 0 saturated carbocycles. The van der Waals surface area contributed by atoms with Crippen molar-refractivity contribution in [2.24, 2.45) is 0 Å². The van der Waals surface area contributed by atoms with Crippen molar-refractivity contribution >= 4 is 15.9 Å². The summed E-state index contributed by atoms with van der Waals surface area (Å²) in [7, 11) is 0. The van der Waals surface area contributed by atoms with Gasteiger partial charge in [-0.05, 0) is 47.5 Å². The van der Waals surface area contributed by atoms with Crippen LogP contribution in [0.4, 0.5) is 4.39 Å². The summed E-state index contributed by atoms with van der Waals surface area (Å²) in [5.74, 6) is 0. The Morgan fingerprint density at radius 2 is 2.22 bits per heavy atom. The third kappa shape index (κ3) is 2.41. The highest BCUT2D eigenvalue weighted by Crippen LogP contribution is 2.27. The SMILES string of the molecule is CCOc1nc(Br)c(C)n1-c1cccc(CF)c1. The van der Waals surface area contributed by atoms with E-state index in [0.29, 0.717) is 18.2 Å². The van der Waals surface area contributed by atoms with Crippen LogP contribution in [0.2, 0.25) is 0 Å². The Hall–Kier alpha value is -1.36. The lowest BCUT2D eigenvalue weighted by Crippen LogP contribution is -2.03. The average Bonchev–Trinajstić information content (AvgIpc) is 2.65. The maximum atomic E-state index is 12.7. The molecule has 0 radical (unpaired) electrons. The van der Waals surface area contributed by atoms with E-state index in [4.69, 9.17) is 4.74 Å². The van der Waals surface area contributed by atoms with Gasteiger partial charge in [-0.1, -0.05) is 12.1 Å². The zero-order valence-corrected chi connectivity index (χ0v) is 11.9. The van der Waals surface area contributed by atoms with Crippen LogP contribution in [0.5, 0.6) is 6.01 Å². The zero-order chi connectivity index (χ0) is 13.1. The fourth-order valence-electron chi connectivity index (χ4n) is 1.76. The molecule has 0 saturated heterocycles. The first kappa shape index (κ1) is 13.1. The topological polar surface area (TPSA) is 27.1 Å². The van der Waals surface area contributed by atoms with Gasteiger partial charge in [0.1, 0.15) is 11.3 Å². The summed E-state index contributed by atoms with van der Waals surface area (Å²) in [6.45, 7) is 3.89. The molecule has 0 aliphatic rings. The number of nitrogens with zero attached hydrogens (tertiary/aromatic N) is 2. The Morgan fingerprint density at radius 1 is 1.44 bits per heavy atom. The van der Waals surface area contributed by atoms with Crippen LogP contribution >= 0.6 is 15.9 Å². The Labute approximate surface area is 114 Å². The third-order valence-corrected chi connectivity index (χ3v) is 3.37. The molecule has 2 aromatic rings. The van der Waals surface area contributed by atoms with Gasteiger partial charge in [0.2, 0.25) is 0 Å². The van der Waals surface area contributed by atoms with E-state index < -0.39 is 6.67 Å². The van der Waals surface area contributed by atoms with Gasteiger partial charge in [-0.25, -0.2) is 4.39 Å². The van der Waals surface area contributed by atoms with E-state index >= 15 is 0 Å². The zero-order valence-electron chi connectivity index (χ0n) is 10.3. The van der Waals surface area contributed by atoms with Crippen LogP contribution in [-0.2, 0) is 6.67 Å². The van der Waals surface area contributed by atoms with Crippen LogP contribution < -0.4 is 4.74 Å². The Balaban J connectivity index is 2.54. The number of benzene rings is 1. The lowest BCUT2D eigenvalue weighted by molar-refractivity contribution is 0.307. The second-order valence-electron chi connectivity index (χ2n) is 3.84. The quantitative estimate of drug-likeness (QED) is 0.858. The lowest BCUT2D eigenvalue weighted by Gasteiger charge is -2.10. The Bertz CT molecular complexity index is 554. The highest BCUT2D eigenvalue weighted by Gasteiger charge is 2.14. The van der Waals surface area contributed by atoms with Crippen LogP contribution in [0.25, 0.3) is 5.69 Å². The minimum absolute atomic E-state index is 0.479. The van der Waals surface area contributed by atoms with Crippen molar-refractivity contribution in [1.82, 2.24) is 9.55 Å². The highest BCUT2D eigenvalue weighted by molar-refractivity contribution is 9.10. The molecule has 1 aromatic heterocycles. The molecule has 1 heterocycles. The summed E-state index contributed by atoms with van der Waals surface area (Å²) in [5, 5.41) is 0. The van der Waals surface area contributed by atoms with Crippen molar-refractivity contribution in [2.45, 2.75) is 20.5 Å². The lowest BCUT2D eigenvalue weighted by atomic mass is 10.2. The van der Waals surface area contributed by atoms with Crippen LogP contribution in [-0.4, -0.2) is 16.2 Å². The molecule has 0 atom stereocenters. The van der Waals surface area contributed by atoms with Crippen LogP contribution in [0.15, 0.2) is 28.9 Å². The summed E-state index contributed by atoms with van der Waals surface area (Å²) in [5.41, 5.74) is 2.41. The molecule has 0 amide bonds. The Morgan fingerprint density at radius 3 is 2.89 bits per heavy atom. The standard InChI is InChI=1S/C13H14BrFN2O/c1-3-18-13-16-12(14)9(2)17(13)11-6-4-5-10(7-11)8-15/h4-7H,3,8H2,1-2H3. The molecule has 0 spiro atoms. The predicted molar refractivity (Wildman–Crippen MR) is 72.0 cm³/mol. The van der Waals surface area contributed by atoms with Gasteiger partial charge in [0.25, 0.3) is 0 Å². The predicted octanol–water partition coefficient (Wildman–Crippen LogP) is 3.81. The maximum Gasteiger partial charge on any atom is 0.302 e. The number of ether oxygens (including phenoxy) is 1. The number of hydrogen-bond donors (Lipinski definition) is 0. The van der Waals surface area contributed by atoms with Gasteiger partial charge in [0.15, 0.2) is 0 Å². The molecule has 0 fully saturated rings. The van der Waals surface area contributed by atoms with E-state index in [-0.39, 0.29) is 0 Å². The van der Waals surface area contributed by atoms with Gasteiger partial charge in [-0.3, -0.25) is 4.57 Å². The normalized spacial score (nSPS) is 10.7. The largest absolute Gasteiger partial charge is 0.465 e. The number of rotatable bonds is 4. The van der Waals surface area contributed by atoms with Crippen molar-refractivity contribution in [2.75, 3.05) is 6.61 Å². The molecule has 1 aromatic carbocycles. The molecule has 0 bridgehead atoms. The van der Waals surface area contributed by atoms with Gasteiger partial charge in [-0.2, -0.15) is 4.98 Å². The molecule has 18 heavy (non-hydrogen) atoms. The number of hydrogen-bond acceptors (Lipinski definition) is 2. The van der Waals surface area contributed by atoms with Crippen molar-refractivity contribution in [3.05, 3.63) is 40.1 Å². The van der Waals surface area contributed by atoms with Crippen LogP contribution in [0.1, 0.15) is 18.2 Å². The Kier molecular flexibility index (Phi) is 4.01. The molecule has 3 nitrogen and oxygen atoms in total. The van der Waals surface area contributed by atoms with Crippen molar-refractivity contribution in [3.8, 4) is 11.7 Å². The molecule has 5 heteroatoms. The smallest absolute Gasteiger partial charge is 0.302 e. The van der Waals surface area contributed by atoms with E-state index in [2.05, 4.69) is 20.9 Å². The molecule has 0 aliphatic carbocycles. The summed E-state index contributed by atoms with van der Waals surface area (Å²) < 4.78 is 20.8. The second-order valence-corrected chi connectivity index (χ2v) is 4.59. The summed E-state index contributed by atoms with van der Waals surface area (Å²) in [6.07, 6.45) is 0. The number of halogens is 2. The fraction of sp³-hybridized carbons (Fsp3) is 0.308. The van der Waals surface area contributed by atoms with Gasteiger partial charge in [0.05, 0.1) is 18.0 Å². The first-order chi connectivity index (χ1) is 8.67. The van der Waals surface area contributed by atoms with Gasteiger partial charge < -0.3 is 4.74 Å². The third-order valence-electron chi connectivity index (χ3n) is 2.62. The van der Waals surface area contributed by atoms with E-state index in [1.165, 1.54) is 0 Å². The molecule has 2 rings (SSSR count). The van der Waals surface area contributed by atoms with Crippen molar-refractivity contribution < 1.29 is 9.13 Å². The summed E-state index contributed by atoms with van der Waals surface area (Å²) >= 11 is 3.38. The van der Waals surface area contributed by atoms with Crippen molar-refractivity contribution in [1.29, 1.82) is 0 Å². The molecule has 96 valence electrons. The number of aromatic nitrogens is 2. The van der Waals surface area contributed by atoms with Gasteiger partial charge >= 0.3 is 6.01 Å². The highest BCUT2D eigenvalue weighted by atomic mass is 79.9.